The van der Waals surface area contributed by atoms with E-state index in [0.717, 1.165) is 36.8 Å². The van der Waals surface area contributed by atoms with Crippen LogP contribution in [0.5, 0.6) is 0 Å². The maximum Gasteiger partial charge on any atom is 0.129 e. The summed E-state index contributed by atoms with van der Waals surface area (Å²) in [4.78, 5) is 8.56. The summed E-state index contributed by atoms with van der Waals surface area (Å²) in [7, 11) is 0. The van der Waals surface area contributed by atoms with Gasteiger partial charge < -0.3 is 5.32 Å². The van der Waals surface area contributed by atoms with Crippen molar-refractivity contribution in [3.05, 3.63) is 18.1 Å². The van der Waals surface area contributed by atoms with E-state index >= 15 is 0 Å². The van der Waals surface area contributed by atoms with Crippen LogP contribution in [-0.4, -0.2) is 16.5 Å². The van der Waals surface area contributed by atoms with Crippen molar-refractivity contribution in [2.45, 2.75) is 59.3 Å². The molecule has 1 heterocycles. The van der Waals surface area contributed by atoms with Crippen molar-refractivity contribution >= 4 is 5.82 Å². The van der Waals surface area contributed by atoms with E-state index in [-0.39, 0.29) is 0 Å². The normalized spacial score (nSPS) is 12.4. The lowest BCUT2D eigenvalue weighted by molar-refractivity contribution is 0.472. The van der Waals surface area contributed by atoms with E-state index < -0.39 is 0 Å². The average Bonchev–Trinajstić information content (AvgIpc) is 2.40. The fourth-order valence-electron chi connectivity index (χ4n) is 2.08. The molecular weight excluding hydrogens is 222 g/mol. The first-order valence-electron chi connectivity index (χ1n) is 7.34. The zero-order valence-electron chi connectivity index (χ0n) is 12.1. The second-order valence-corrected chi connectivity index (χ2v) is 4.94. The average molecular weight is 249 g/mol. The van der Waals surface area contributed by atoms with Gasteiger partial charge in [0.1, 0.15) is 12.1 Å². The molecule has 1 N–H and O–H groups in total. The third-order valence-electron chi connectivity index (χ3n) is 3.34. The van der Waals surface area contributed by atoms with Crippen LogP contribution in [0.15, 0.2) is 12.4 Å². The zero-order chi connectivity index (χ0) is 13.2. The van der Waals surface area contributed by atoms with Crippen LogP contribution in [-0.2, 0) is 6.42 Å². The second-order valence-electron chi connectivity index (χ2n) is 4.94. The van der Waals surface area contributed by atoms with Crippen LogP contribution in [0.2, 0.25) is 0 Å². The first-order valence-corrected chi connectivity index (χ1v) is 7.34. The van der Waals surface area contributed by atoms with Gasteiger partial charge in [-0.25, -0.2) is 9.97 Å². The molecular formula is C15H27N3. The van der Waals surface area contributed by atoms with Gasteiger partial charge in [0.05, 0.1) is 0 Å². The van der Waals surface area contributed by atoms with E-state index in [9.17, 15) is 0 Å². The van der Waals surface area contributed by atoms with Crippen LogP contribution in [0, 0.1) is 5.92 Å². The van der Waals surface area contributed by atoms with Gasteiger partial charge in [0.15, 0.2) is 0 Å². The highest BCUT2D eigenvalue weighted by Gasteiger charge is 2.06. The van der Waals surface area contributed by atoms with Crippen LogP contribution in [0.25, 0.3) is 0 Å². The number of unbranched alkanes of at least 4 members (excludes halogenated alkanes) is 1. The molecule has 102 valence electrons. The zero-order valence-corrected chi connectivity index (χ0v) is 12.1. The van der Waals surface area contributed by atoms with Crippen molar-refractivity contribution in [1.82, 2.24) is 9.97 Å². The van der Waals surface area contributed by atoms with Crippen molar-refractivity contribution < 1.29 is 0 Å². The Morgan fingerprint density at radius 2 is 2.00 bits per heavy atom. The minimum atomic E-state index is 0.759. The van der Waals surface area contributed by atoms with Gasteiger partial charge in [-0.15, -0.1) is 0 Å². The number of nitrogens with one attached hydrogen (secondary N) is 1. The Hall–Kier alpha value is -1.12. The van der Waals surface area contributed by atoms with Crippen LogP contribution in [0.1, 0.15) is 58.6 Å². The molecule has 0 saturated carbocycles. The molecule has 1 atom stereocenters. The molecule has 1 rings (SSSR count). The summed E-state index contributed by atoms with van der Waals surface area (Å²) in [5.74, 6) is 1.73. The number of nitrogens with zero attached hydrogens (tertiary/aromatic N) is 2. The molecule has 0 amide bonds. The van der Waals surface area contributed by atoms with E-state index in [2.05, 4.69) is 42.1 Å². The molecule has 0 aromatic carbocycles. The third kappa shape index (κ3) is 5.48. The lowest BCUT2D eigenvalue weighted by atomic mass is 9.99. The molecule has 1 aromatic rings. The van der Waals surface area contributed by atoms with Crippen molar-refractivity contribution in [2.75, 3.05) is 11.9 Å². The topological polar surface area (TPSA) is 37.8 Å². The molecule has 1 aromatic heterocycles. The molecule has 0 bridgehead atoms. The predicted molar refractivity (Wildman–Crippen MR) is 77.8 cm³/mol. The van der Waals surface area contributed by atoms with E-state index in [0.29, 0.717) is 0 Å². The molecule has 0 spiro atoms. The van der Waals surface area contributed by atoms with Gasteiger partial charge in [-0.3, -0.25) is 0 Å². The first-order chi connectivity index (χ1) is 8.80. The standard InChI is InChI=1S/C15H27N3/c1-4-7-9-13(6-3)11-16-15-10-14(8-5-2)17-12-18-15/h10,12-13H,4-9,11H2,1-3H3,(H,16,17,18). The van der Waals surface area contributed by atoms with Gasteiger partial charge in [-0.05, 0) is 18.8 Å². The lowest BCUT2D eigenvalue weighted by Gasteiger charge is -2.15. The van der Waals surface area contributed by atoms with Gasteiger partial charge in [0.25, 0.3) is 0 Å². The largest absolute Gasteiger partial charge is 0.370 e. The number of hydrogen-bond donors (Lipinski definition) is 1. The molecule has 0 aliphatic heterocycles. The highest BCUT2D eigenvalue weighted by atomic mass is 15.0. The Balaban J connectivity index is 2.43. The molecule has 3 heteroatoms. The summed E-state index contributed by atoms with van der Waals surface area (Å²) in [5, 5.41) is 3.45. The summed E-state index contributed by atoms with van der Waals surface area (Å²) in [6.45, 7) is 7.72. The number of aromatic nitrogens is 2. The van der Waals surface area contributed by atoms with Crippen molar-refractivity contribution in [1.29, 1.82) is 0 Å². The monoisotopic (exact) mass is 249 g/mol. The molecule has 0 aliphatic carbocycles. The quantitative estimate of drug-likeness (QED) is 0.717. The van der Waals surface area contributed by atoms with E-state index in [1.165, 1.54) is 25.7 Å². The smallest absolute Gasteiger partial charge is 0.129 e. The third-order valence-corrected chi connectivity index (χ3v) is 3.34. The Morgan fingerprint density at radius 3 is 2.67 bits per heavy atom. The van der Waals surface area contributed by atoms with E-state index in [4.69, 9.17) is 0 Å². The van der Waals surface area contributed by atoms with Crippen LogP contribution in [0.4, 0.5) is 5.82 Å². The Morgan fingerprint density at radius 1 is 1.17 bits per heavy atom. The van der Waals surface area contributed by atoms with Crippen LogP contribution < -0.4 is 5.32 Å². The number of hydrogen-bond acceptors (Lipinski definition) is 3. The number of rotatable bonds is 9. The maximum absolute atomic E-state index is 4.29. The molecule has 0 radical (unpaired) electrons. The molecule has 0 aliphatic rings. The van der Waals surface area contributed by atoms with Gasteiger partial charge in [0, 0.05) is 18.3 Å². The minimum absolute atomic E-state index is 0.759. The van der Waals surface area contributed by atoms with E-state index in [1.54, 1.807) is 6.33 Å². The van der Waals surface area contributed by atoms with Gasteiger partial charge in [-0.2, -0.15) is 0 Å². The fraction of sp³-hybridized carbons (Fsp3) is 0.733. The van der Waals surface area contributed by atoms with Crippen molar-refractivity contribution in [3.8, 4) is 0 Å². The highest BCUT2D eigenvalue weighted by molar-refractivity contribution is 5.34. The summed E-state index contributed by atoms with van der Waals surface area (Å²) < 4.78 is 0. The fourth-order valence-corrected chi connectivity index (χ4v) is 2.08. The predicted octanol–water partition coefficient (Wildman–Crippen LogP) is 4.06. The van der Waals surface area contributed by atoms with Crippen molar-refractivity contribution in [2.24, 2.45) is 5.92 Å². The van der Waals surface area contributed by atoms with Crippen LogP contribution >= 0.6 is 0 Å². The first kappa shape index (κ1) is 14.9. The maximum atomic E-state index is 4.29. The molecule has 0 fully saturated rings. The molecule has 18 heavy (non-hydrogen) atoms. The van der Waals surface area contributed by atoms with Crippen LogP contribution in [0.3, 0.4) is 0 Å². The van der Waals surface area contributed by atoms with Crippen molar-refractivity contribution in [3.63, 3.8) is 0 Å². The SMILES string of the molecule is CCCCC(CC)CNc1cc(CCC)ncn1. The molecule has 1 unspecified atom stereocenters. The molecule has 3 nitrogen and oxygen atoms in total. The Bertz CT molecular complexity index is 325. The van der Waals surface area contributed by atoms with Gasteiger partial charge >= 0.3 is 0 Å². The lowest BCUT2D eigenvalue weighted by Crippen LogP contribution is -2.14. The summed E-state index contributed by atoms with van der Waals surface area (Å²) >= 11 is 0. The highest BCUT2D eigenvalue weighted by Crippen LogP contribution is 2.14. The second kappa shape index (κ2) is 8.90. The Labute approximate surface area is 111 Å². The van der Waals surface area contributed by atoms with Gasteiger partial charge in [-0.1, -0.05) is 46.5 Å². The molecule has 0 saturated heterocycles. The number of anilines is 1. The van der Waals surface area contributed by atoms with Gasteiger partial charge in [0.2, 0.25) is 0 Å². The van der Waals surface area contributed by atoms with E-state index in [1.807, 2.05) is 0 Å². The summed E-state index contributed by atoms with van der Waals surface area (Å²) in [6, 6.07) is 2.08. The summed E-state index contributed by atoms with van der Waals surface area (Å²) in [5.41, 5.74) is 1.14. The summed E-state index contributed by atoms with van der Waals surface area (Å²) in [6.07, 6.45) is 8.98. The number of aryl methyl sites for hydroxylation is 1. The minimum Gasteiger partial charge on any atom is -0.370 e. The Kier molecular flexibility index (Phi) is 7.38.